The molecule has 0 bridgehead atoms. The molecule has 0 saturated carbocycles. The van der Waals surface area contributed by atoms with Crippen LogP contribution in [0.5, 0.6) is 0 Å². The van der Waals surface area contributed by atoms with Crippen LogP contribution < -0.4 is 5.32 Å². The van der Waals surface area contributed by atoms with Crippen molar-refractivity contribution >= 4 is 5.91 Å². The summed E-state index contributed by atoms with van der Waals surface area (Å²) in [4.78, 5) is 15.6. The molecule has 1 amide bonds. The summed E-state index contributed by atoms with van der Waals surface area (Å²) in [6.07, 6.45) is 1.09. The van der Waals surface area contributed by atoms with Gasteiger partial charge in [-0.3, -0.25) is 14.6 Å². The van der Waals surface area contributed by atoms with Crippen molar-refractivity contribution < 1.29 is 15.0 Å². The van der Waals surface area contributed by atoms with Gasteiger partial charge in [0.1, 0.15) is 12.3 Å². The van der Waals surface area contributed by atoms with Gasteiger partial charge in [-0.05, 0) is 24.8 Å². The Morgan fingerprint density at radius 1 is 1.24 bits per heavy atom. The van der Waals surface area contributed by atoms with E-state index in [1.165, 1.54) is 12.5 Å². The lowest BCUT2D eigenvalue weighted by atomic mass is 10.0. The van der Waals surface area contributed by atoms with Gasteiger partial charge in [0.05, 0.1) is 0 Å². The normalized spacial score (nSPS) is 27.3. The number of nitrogens with zero attached hydrogens (tertiary/aromatic N) is 2. The molecular formula is C19H29N3O3. The van der Waals surface area contributed by atoms with Gasteiger partial charge in [0, 0.05) is 45.2 Å². The Morgan fingerprint density at radius 2 is 1.92 bits per heavy atom. The predicted molar refractivity (Wildman–Crippen MR) is 95.7 cm³/mol. The molecule has 1 aromatic rings. The maximum Gasteiger partial charge on any atom is 0.217 e. The van der Waals surface area contributed by atoms with E-state index in [4.69, 9.17) is 0 Å². The Labute approximate surface area is 149 Å². The van der Waals surface area contributed by atoms with Crippen LogP contribution in [-0.4, -0.2) is 70.0 Å². The van der Waals surface area contributed by atoms with Crippen molar-refractivity contribution in [3.8, 4) is 0 Å². The zero-order valence-corrected chi connectivity index (χ0v) is 14.8. The van der Waals surface area contributed by atoms with E-state index < -0.39 is 12.3 Å². The topological polar surface area (TPSA) is 76.0 Å². The number of nitrogens with one attached hydrogen (secondary N) is 1. The summed E-state index contributed by atoms with van der Waals surface area (Å²) < 4.78 is 0. The minimum Gasteiger partial charge on any atom is -0.387 e. The lowest BCUT2D eigenvalue weighted by molar-refractivity contribution is -0.119. The van der Waals surface area contributed by atoms with E-state index >= 15 is 0 Å². The van der Waals surface area contributed by atoms with Gasteiger partial charge in [-0.25, -0.2) is 0 Å². The first-order chi connectivity index (χ1) is 12.0. The molecule has 3 rings (SSSR count). The first kappa shape index (κ1) is 18.3. The maximum absolute atomic E-state index is 11.4. The summed E-state index contributed by atoms with van der Waals surface area (Å²) >= 11 is 0. The Bertz CT molecular complexity index is 562. The number of rotatable bonds is 6. The van der Waals surface area contributed by atoms with Crippen LogP contribution in [0.15, 0.2) is 30.3 Å². The van der Waals surface area contributed by atoms with Gasteiger partial charge in [0.2, 0.25) is 5.91 Å². The molecular weight excluding hydrogens is 318 g/mol. The van der Waals surface area contributed by atoms with E-state index in [2.05, 4.69) is 22.3 Å². The van der Waals surface area contributed by atoms with Crippen molar-refractivity contribution in [3.63, 3.8) is 0 Å². The average Bonchev–Trinajstić information content (AvgIpc) is 3.24. The summed E-state index contributed by atoms with van der Waals surface area (Å²) in [5, 5.41) is 24.4. The van der Waals surface area contributed by atoms with Crippen LogP contribution in [0.25, 0.3) is 0 Å². The molecule has 6 heteroatoms. The first-order valence-electron chi connectivity index (χ1n) is 9.20. The zero-order chi connectivity index (χ0) is 17.8. The van der Waals surface area contributed by atoms with Crippen LogP contribution in [-0.2, 0) is 11.3 Å². The maximum atomic E-state index is 11.4. The quantitative estimate of drug-likeness (QED) is 0.700. The molecule has 25 heavy (non-hydrogen) atoms. The molecule has 2 fully saturated rings. The fraction of sp³-hybridized carbons (Fsp3) is 0.632. The van der Waals surface area contributed by atoms with E-state index in [1.54, 1.807) is 0 Å². The number of aliphatic hydroxyl groups excluding tert-OH is 2. The molecule has 1 unspecified atom stereocenters. The molecule has 0 radical (unpaired) electrons. The largest absolute Gasteiger partial charge is 0.387 e. The third-order valence-corrected chi connectivity index (χ3v) is 5.30. The lowest BCUT2D eigenvalue weighted by Gasteiger charge is -2.34. The number of carbonyl (C=O) groups excluding carboxylic acids is 1. The summed E-state index contributed by atoms with van der Waals surface area (Å²) in [6.45, 7) is 4.57. The van der Waals surface area contributed by atoms with E-state index in [1.807, 2.05) is 23.1 Å². The second-order valence-electron chi connectivity index (χ2n) is 7.26. The fourth-order valence-electron chi connectivity index (χ4n) is 4.10. The Balaban J connectivity index is 1.71. The van der Waals surface area contributed by atoms with Crippen molar-refractivity contribution in [2.75, 3.05) is 19.6 Å². The van der Waals surface area contributed by atoms with E-state index in [-0.39, 0.29) is 18.0 Å². The number of amides is 1. The van der Waals surface area contributed by atoms with Gasteiger partial charge < -0.3 is 15.5 Å². The van der Waals surface area contributed by atoms with Gasteiger partial charge in [-0.15, -0.1) is 0 Å². The van der Waals surface area contributed by atoms with Crippen LogP contribution >= 0.6 is 0 Å². The Kier molecular flexibility index (Phi) is 6.06. The highest BCUT2D eigenvalue weighted by Gasteiger charge is 2.41. The summed E-state index contributed by atoms with van der Waals surface area (Å²) in [5.41, 5.74) is 1.17. The van der Waals surface area contributed by atoms with Crippen molar-refractivity contribution in [1.29, 1.82) is 0 Å². The Hall–Kier alpha value is -1.47. The second kappa shape index (κ2) is 8.27. The van der Waals surface area contributed by atoms with Crippen LogP contribution in [0, 0.1) is 0 Å². The van der Waals surface area contributed by atoms with E-state index in [0.29, 0.717) is 19.5 Å². The highest BCUT2D eigenvalue weighted by atomic mass is 16.3. The minimum absolute atomic E-state index is 0.00615. The molecule has 1 aromatic carbocycles. The molecule has 4 atom stereocenters. The van der Waals surface area contributed by atoms with Gasteiger partial charge in [0.25, 0.3) is 0 Å². The third-order valence-electron chi connectivity index (χ3n) is 5.30. The highest BCUT2D eigenvalue weighted by molar-refractivity contribution is 5.73. The molecule has 138 valence electrons. The third kappa shape index (κ3) is 4.58. The van der Waals surface area contributed by atoms with Crippen LogP contribution in [0.2, 0.25) is 0 Å². The number of likely N-dealkylation sites (tertiary alicyclic amines) is 2. The van der Waals surface area contributed by atoms with Crippen molar-refractivity contribution in [2.24, 2.45) is 0 Å². The van der Waals surface area contributed by atoms with Crippen LogP contribution in [0.3, 0.4) is 0 Å². The molecule has 2 saturated heterocycles. The number of hydrogen-bond acceptors (Lipinski definition) is 5. The smallest absolute Gasteiger partial charge is 0.217 e. The van der Waals surface area contributed by atoms with Crippen molar-refractivity contribution in [1.82, 2.24) is 15.1 Å². The standard InChI is InChI=1S/C19H29N3O3/c1-14(23)20-16-11-17(18(24)19(25)21-9-5-6-10-21)22(13-16)12-15-7-3-2-4-8-15/h2-4,7-8,16-19,24-25H,5-6,9-13H2,1H3,(H,20,23)/t16-,17-,18?,19+/m1/s1. The summed E-state index contributed by atoms with van der Waals surface area (Å²) in [6, 6.07) is 9.94. The molecule has 0 aromatic heterocycles. The van der Waals surface area contributed by atoms with Gasteiger partial charge in [-0.1, -0.05) is 30.3 Å². The summed E-state index contributed by atoms with van der Waals surface area (Å²) in [5.74, 6) is -0.0557. The SMILES string of the molecule is CC(=O)N[C@@H]1C[C@H](C(O)[C@H](O)N2CCCC2)N(Cc2ccccc2)C1. The number of aliphatic hydroxyl groups is 2. The first-order valence-corrected chi connectivity index (χ1v) is 9.20. The van der Waals surface area contributed by atoms with E-state index in [9.17, 15) is 15.0 Å². The Morgan fingerprint density at radius 3 is 2.56 bits per heavy atom. The molecule has 0 aliphatic carbocycles. The van der Waals surface area contributed by atoms with Crippen molar-refractivity contribution in [2.45, 2.75) is 57.1 Å². The van der Waals surface area contributed by atoms with Gasteiger partial charge in [-0.2, -0.15) is 0 Å². The predicted octanol–water partition coefficient (Wildman–Crippen LogP) is 0.541. The molecule has 2 aliphatic rings. The monoisotopic (exact) mass is 347 g/mol. The average molecular weight is 347 g/mol. The number of carbonyl (C=O) groups is 1. The van der Waals surface area contributed by atoms with Crippen molar-refractivity contribution in [3.05, 3.63) is 35.9 Å². The molecule has 3 N–H and O–H groups in total. The number of hydrogen-bond donors (Lipinski definition) is 3. The second-order valence-corrected chi connectivity index (χ2v) is 7.26. The van der Waals surface area contributed by atoms with Gasteiger partial charge >= 0.3 is 0 Å². The minimum atomic E-state index is -0.847. The molecule has 2 heterocycles. The van der Waals surface area contributed by atoms with Gasteiger partial charge in [0.15, 0.2) is 0 Å². The fourth-order valence-corrected chi connectivity index (χ4v) is 4.10. The van der Waals surface area contributed by atoms with E-state index in [0.717, 1.165) is 25.9 Å². The van der Waals surface area contributed by atoms with Crippen LogP contribution in [0.1, 0.15) is 31.7 Å². The summed E-state index contributed by atoms with van der Waals surface area (Å²) in [7, 11) is 0. The number of benzene rings is 1. The highest BCUT2D eigenvalue weighted by Crippen LogP contribution is 2.26. The lowest BCUT2D eigenvalue weighted by Crippen LogP contribution is -2.51. The molecule has 2 aliphatic heterocycles. The zero-order valence-electron chi connectivity index (χ0n) is 14.8. The molecule has 6 nitrogen and oxygen atoms in total. The van der Waals surface area contributed by atoms with Crippen LogP contribution in [0.4, 0.5) is 0 Å². The molecule has 0 spiro atoms.